The third-order valence-corrected chi connectivity index (χ3v) is 4.61. The number of nitrogens with one attached hydrogen (secondary N) is 2. The van der Waals surface area contributed by atoms with Gasteiger partial charge in [0.25, 0.3) is 0 Å². The fourth-order valence-electron chi connectivity index (χ4n) is 3.01. The van der Waals surface area contributed by atoms with Crippen molar-refractivity contribution in [3.05, 3.63) is 59.3 Å². The first-order valence-corrected chi connectivity index (χ1v) is 9.55. The monoisotopic (exact) mass is 448 g/mol. The highest BCUT2D eigenvalue weighted by Gasteiger charge is 2.30. The highest BCUT2D eigenvalue weighted by Crippen LogP contribution is 2.40. The Labute approximate surface area is 183 Å². The Bertz CT molecular complexity index is 1070. The maximum absolute atomic E-state index is 12.9. The molecule has 0 saturated heterocycles. The van der Waals surface area contributed by atoms with E-state index in [1.165, 1.54) is 27.4 Å². The van der Waals surface area contributed by atoms with E-state index >= 15 is 0 Å². The summed E-state index contributed by atoms with van der Waals surface area (Å²) < 4.78 is 54.8. The van der Waals surface area contributed by atoms with Gasteiger partial charge in [0, 0.05) is 36.1 Å². The minimum atomic E-state index is -4.39. The van der Waals surface area contributed by atoms with E-state index in [4.69, 9.17) is 14.2 Å². The molecule has 0 aliphatic heterocycles. The van der Waals surface area contributed by atoms with Gasteiger partial charge in [-0.3, -0.25) is 0 Å². The van der Waals surface area contributed by atoms with Crippen LogP contribution in [-0.4, -0.2) is 31.3 Å². The molecule has 2 N–H and O–H groups in total. The standard InChI is InChI=1S/C22H23F3N4O3/c1-13-11-27-21(28-16-9-17(30-2)19(32-4)18(10-16)31-3)29-20(13)26-12-14-6-5-7-15(8-14)22(23,24)25/h5-11H,12H2,1-4H3,(H2,26,27,28,29). The van der Waals surface area contributed by atoms with E-state index < -0.39 is 11.7 Å². The van der Waals surface area contributed by atoms with Crippen molar-refractivity contribution >= 4 is 17.5 Å². The highest BCUT2D eigenvalue weighted by molar-refractivity contribution is 5.66. The van der Waals surface area contributed by atoms with Gasteiger partial charge in [0.2, 0.25) is 11.7 Å². The van der Waals surface area contributed by atoms with E-state index in [0.717, 1.165) is 17.7 Å². The summed E-state index contributed by atoms with van der Waals surface area (Å²) in [7, 11) is 4.54. The number of hydrogen-bond acceptors (Lipinski definition) is 7. The Morgan fingerprint density at radius 3 is 2.25 bits per heavy atom. The number of ether oxygens (including phenoxy) is 3. The second-order valence-corrected chi connectivity index (χ2v) is 6.82. The maximum atomic E-state index is 12.9. The lowest BCUT2D eigenvalue weighted by Crippen LogP contribution is -2.09. The molecule has 0 amide bonds. The number of methoxy groups -OCH3 is 3. The highest BCUT2D eigenvalue weighted by atomic mass is 19.4. The first kappa shape index (κ1) is 23.0. The minimum absolute atomic E-state index is 0.172. The van der Waals surface area contributed by atoms with Gasteiger partial charge in [-0.2, -0.15) is 18.2 Å². The van der Waals surface area contributed by atoms with Crippen LogP contribution in [0.1, 0.15) is 16.7 Å². The second kappa shape index (κ2) is 9.63. The van der Waals surface area contributed by atoms with E-state index in [0.29, 0.717) is 34.3 Å². The van der Waals surface area contributed by atoms with Gasteiger partial charge >= 0.3 is 6.18 Å². The molecule has 2 aromatic carbocycles. The van der Waals surface area contributed by atoms with Gasteiger partial charge in [0.15, 0.2) is 11.5 Å². The molecule has 0 bridgehead atoms. The van der Waals surface area contributed by atoms with Crippen LogP contribution in [0.15, 0.2) is 42.6 Å². The molecule has 1 aromatic heterocycles. The Morgan fingerprint density at radius 2 is 1.66 bits per heavy atom. The van der Waals surface area contributed by atoms with Gasteiger partial charge < -0.3 is 24.8 Å². The lowest BCUT2D eigenvalue weighted by Gasteiger charge is -2.15. The van der Waals surface area contributed by atoms with Crippen molar-refractivity contribution in [1.82, 2.24) is 9.97 Å². The number of anilines is 3. The summed E-state index contributed by atoms with van der Waals surface area (Å²) in [5.41, 5.74) is 1.14. The zero-order valence-electron chi connectivity index (χ0n) is 18.0. The molecule has 0 aliphatic carbocycles. The number of hydrogen-bond donors (Lipinski definition) is 2. The molecule has 3 aromatic rings. The fourth-order valence-corrected chi connectivity index (χ4v) is 3.01. The van der Waals surface area contributed by atoms with Crippen molar-refractivity contribution < 1.29 is 27.4 Å². The van der Waals surface area contributed by atoms with E-state index in [2.05, 4.69) is 20.6 Å². The van der Waals surface area contributed by atoms with Gasteiger partial charge in [0.05, 0.1) is 26.9 Å². The first-order valence-electron chi connectivity index (χ1n) is 9.55. The largest absolute Gasteiger partial charge is 0.493 e. The quantitative estimate of drug-likeness (QED) is 0.491. The summed E-state index contributed by atoms with van der Waals surface area (Å²) in [5, 5.41) is 6.14. The third kappa shape index (κ3) is 5.32. The van der Waals surface area contributed by atoms with E-state index in [1.807, 2.05) is 0 Å². The molecule has 1 heterocycles. The Balaban J connectivity index is 1.80. The first-order chi connectivity index (χ1) is 15.2. The molecule has 0 saturated carbocycles. The van der Waals surface area contributed by atoms with Crippen molar-refractivity contribution in [2.45, 2.75) is 19.6 Å². The molecule has 32 heavy (non-hydrogen) atoms. The molecule has 3 rings (SSSR count). The number of aryl methyl sites for hydroxylation is 1. The number of nitrogens with zero attached hydrogens (tertiary/aromatic N) is 2. The molecule has 0 spiro atoms. The number of rotatable bonds is 8. The predicted molar refractivity (Wildman–Crippen MR) is 115 cm³/mol. The van der Waals surface area contributed by atoms with Crippen molar-refractivity contribution in [3.8, 4) is 17.2 Å². The number of alkyl halides is 3. The maximum Gasteiger partial charge on any atom is 0.416 e. The zero-order valence-corrected chi connectivity index (χ0v) is 18.0. The fraction of sp³-hybridized carbons (Fsp3) is 0.273. The number of aromatic nitrogens is 2. The lowest BCUT2D eigenvalue weighted by molar-refractivity contribution is -0.137. The van der Waals surface area contributed by atoms with E-state index in [1.54, 1.807) is 31.3 Å². The molecule has 0 fully saturated rings. The Kier molecular flexibility index (Phi) is 6.92. The van der Waals surface area contributed by atoms with Crippen molar-refractivity contribution in [2.75, 3.05) is 32.0 Å². The third-order valence-electron chi connectivity index (χ3n) is 4.61. The summed E-state index contributed by atoms with van der Waals surface area (Å²) in [6.45, 7) is 1.98. The van der Waals surface area contributed by atoms with Crippen LogP contribution in [0.4, 0.5) is 30.6 Å². The van der Waals surface area contributed by atoms with Crippen molar-refractivity contribution in [3.63, 3.8) is 0 Å². The van der Waals surface area contributed by atoms with Gasteiger partial charge in [-0.1, -0.05) is 12.1 Å². The smallest absolute Gasteiger partial charge is 0.416 e. The molecular weight excluding hydrogens is 425 g/mol. The van der Waals surface area contributed by atoms with E-state index in [9.17, 15) is 13.2 Å². The topological polar surface area (TPSA) is 77.5 Å². The Hall–Kier alpha value is -3.69. The summed E-state index contributed by atoms with van der Waals surface area (Å²) >= 11 is 0. The molecule has 170 valence electrons. The molecule has 0 unspecified atom stereocenters. The summed E-state index contributed by atoms with van der Waals surface area (Å²) in [5.74, 6) is 2.16. The van der Waals surface area contributed by atoms with Gasteiger partial charge in [-0.25, -0.2) is 4.98 Å². The molecule has 0 atom stereocenters. The molecule has 0 aliphatic rings. The Morgan fingerprint density at radius 1 is 0.969 bits per heavy atom. The molecule has 7 nitrogen and oxygen atoms in total. The van der Waals surface area contributed by atoms with Crippen LogP contribution >= 0.6 is 0 Å². The summed E-state index contributed by atoms with van der Waals surface area (Å²) in [6.07, 6.45) is -2.78. The van der Waals surface area contributed by atoms with Crippen LogP contribution < -0.4 is 24.8 Å². The van der Waals surface area contributed by atoms with Crippen LogP contribution in [0.2, 0.25) is 0 Å². The molecular formula is C22H23F3N4O3. The average Bonchev–Trinajstić information content (AvgIpc) is 2.78. The van der Waals surface area contributed by atoms with Gasteiger partial charge in [-0.15, -0.1) is 0 Å². The van der Waals surface area contributed by atoms with Gasteiger partial charge in [-0.05, 0) is 24.6 Å². The van der Waals surface area contributed by atoms with Crippen LogP contribution in [0.3, 0.4) is 0 Å². The van der Waals surface area contributed by atoms with Crippen LogP contribution in [0.25, 0.3) is 0 Å². The zero-order chi connectivity index (χ0) is 23.3. The average molecular weight is 448 g/mol. The lowest BCUT2D eigenvalue weighted by atomic mass is 10.1. The number of benzene rings is 2. The van der Waals surface area contributed by atoms with Crippen LogP contribution in [0, 0.1) is 6.92 Å². The van der Waals surface area contributed by atoms with Crippen molar-refractivity contribution in [1.29, 1.82) is 0 Å². The van der Waals surface area contributed by atoms with Crippen molar-refractivity contribution in [2.24, 2.45) is 0 Å². The van der Waals surface area contributed by atoms with Gasteiger partial charge in [0.1, 0.15) is 5.82 Å². The number of halogens is 3. The summed E-state index contributed by atoms with van der Waals surface area (Å²) in [4.78, 5) is 8.70. The normalized spacial score (nSPS) is 11.1. The summed E-state index contributed by atoms with van der Waals surface area (Å²) in [6, 6.07) is 8.57. The van der Waals surface area contributed by atoms with Crippen LogP contribution in [0.5, 0.6) is 17.2 Å². The van der Waals surface area contributed by atoms with Crippen LogP contribution in [-0.2, 0) is 12.7 Å². The molecule has 0 radical (unpaired) electrons. The molecule has 10 heteroatoms. The SMILES string of the molecule is COc1cc(Nc2ncc(C)c(NCc3cccc(C(F)(F)F)c3)n2)cc(OC)c1OC. The van der Waals surface area contributed by atoms with E-state index in [-0.39, 0.29) is 12.5 Å². The predicted octanol–water partition coefficient (Wildman–Crippen LogP) is 5.19. The second-order valence-electron chi connectivity index (χ2n) is 6.82. The minimum Gasteiger partial charge on any atom is -0.493 e.